The number of anilines is 1. The zero-order valence-electron chi connectivity index (χ0n) is 22.6. The summed E-state index contributed by atoms with van der Waals surface area (Å²) in [5.41, 5.74) is 4.76. The van der Waals surface area contributed by atoms with E-state index in [0.29, 0.717) is 12.6 Å². The summed E-state index contributed by atoms with van der Waals surface area (Å²) < 4.78 is 1.98. The summed E-state index contributed by atoms with van der Waals surface area (Å²) in [6.07, 6.45) is 10.6. The van der Waals surface area contributed by atoms with Gasteiger partial charge in [0.15, 0.2) is 5.65 Å². The van der Waals surface area contributed by atoms with Gasteiger partial charge in [-0.05, 0) is 59.3 Å². The van der Waals surface area contributed by atoms with Crippen LogP contribution in [0.15, 0.2) is 11.4 Å². The molecule has 4 N–H and O–H groups in total. The highest BCUT2D eigenvalue weighted by molar-refractivity contribution is 6.11. The average Bonchev–Trinajstić information content (AvgIpc) is 3.46. The molecule has 2 fully saturated rings. The number of aromatic nitrogens is 3. The van der Waals surface area contributed by atoms with Gasteiger partial charge in [-0.1, -0.05) is 24.4 Å². The molecule has 3 heterocycles. The van der Waals surface area contributed by atoms with Crippen LogP contribution in [0.1, 0.15) is 89.3 Å². The highest BCUT2D eigenvalue weighted by Crippen LogP contribution is 2.43. The van der Waals surface area contributed by atoms with Crippen LogP contribution in [0.3, 0.4) is 0 Å². The molecule has 3 aliphatic rings. The molecule has 11 nitrogen and oxygen atoms in total. The number of rotatable bonds is 6. The number of carbonyl (C=O) groups is 2. The Bertz CT molecular complexity index is 1170. The van der Waals surface area contributed by atoms with Gasteiger partial charge in [-0.15, -0.1) is 0 Å². The molecule has 2 aromatic rings. The first-order chi connectivity index (χ1) is 18.3. The van der Waals surface area contributed by atoms with Crippen LogP contribution in [0.2, 0.25) is 0 Å². The molecule has 1 amide bonds. The summed E-state index contributed by atoms with van der Waals surface area (Å²) in [7, 11) is 0. The van der Waals surface area contributed by atoms with Crippen molar-refractivity contribution in [2.24, 2.45) is 11.1 Å². The SMILES string of the molecule is CCNC(=O)C1CCC2(CC1)CC(c1cnc3c(c(C)nn3CC)c1NC1CCCCC1)=NO2.O=C(O)O. The molecule has 2 saturated carbocycles. The Balaban J connectivity index is 0.000000786. The number of hydrogen-bond acceptors (Lipinski definition) is 7. The zero-order chi connectivity index (χ0) is 27.3. The maximum absolute atomic E-state index is 12.3. The fourth-order valence-corrected chi connectivity index (χ4v) is 6.02. The molecule has 0 atom stereocenters. The van der Waals surface area contributed by atoms with Gasteiger partial charge in [0.05, 0.1) is 22.5 Å². The first-order valence-electron chi connectivity index (χ1n) is 13.8. The van der Waals surface area contributed by atoms with E-state index in [1.165, 1.54) is 32.1 Å². The Hall–Kier alpha value is -3.37. The van der Waals surface area contributed by atoms with Gasteiger partial charge in [0, 0.05) is 43.2 Å². The maximum atomic E-state index is 12.3. The molecule has 5 rings (SSSR count). The van der Waals surface area contributed by atoms with Crippen LogP contribution in [0.4, 0.5) is 10.5 Å². The summed E-state index contributed by atoms with van der Waals surface area (Å²) in [4.78, 5) is 31.8. The molecular weight excluding hydrogens is 488 g/mol. The third-order valence-corrected chi connectivity index (χ3v) is 7.96. The summed E-state index contributed by atoms with van der Waals surface area (Å²) in [6, 6.07) is 0.465. The van der Waals surface area contributed by atoms with E-state index in [-0.39, 0.29) is 17.4 Å². The average molecular weight is 529 g/mol. The second-order valence-corrected chi connectivity index (χ2v) is 10.6. The van der Waals surface area contributed by atoms with Crippen molar-refractivity contribution in [3.63, 3.8) is 0 Å². The van der Waals surface area contributed by atoms with E-state index < -0.39 is 6.16 Å². The second-order valence-electron chi connectivity index (χ2n) is 10.6. The highest BCUT2D eigenvalue weighted by atomic mass is 16.7. The van der Waals surface area contributed by atoms with Crippen LogP contribution < -0.4 is 10.6 Å². The molecule has 0 radical (unpaired) electrons. The van der Waals surface area contributed by atoms with Gasteiger partial charge in [-0.3, -0.25) is 4.79 Å². The topological polar surface area (TPSA) is 151 Å². The van der Waals surface area contributed by atoms with E-state index in [1.807, 2.05) is 17.8 Å². The van der Waals surface area contributed by atoms with E-state index >= 15 is 0 Å². The molecule has 0 bridgehead atoms. The van der Waals surface area contributed by atoms with Crippen molar-refractivity contribution in [3.05, 3.63) is 17.5 Å². The smallest absolute Gasteiger partial charge is 0.450 e. The Morgan fingerprint density at radius 2 is 1.82 bits per heavy atom. The summed E-state index contributed by atoms with van der Waals surface area (Å²) in [5, 5.41) is 31.3. The minimum absolute atomic E-state index is 0.0855. The number of aryl methyl sites for hydroxylation is 2. The Morgan fingerprint density at radius 1 is 1.13 bits per heavy atom. The monoisotopic (exact) mass is 528 g/mol. The molecule has 0 aromatic carbocycles. The van der Waals surface area contributed by atoms with Gasteiger partial charge in [0.25, 0.3) is 0 Å². The minimum atomic E-state index is -1.83. The maximum Gasteiger partial charge on any atom is 0.503 e. The molecule has 11 heteroatoms. The molecule has 1 aliphatic heterocycles. The lowest BCUT2D eigenvalue weighted by Crippen LogP contribution is -2.40. The van der Waals surface area contributed by atoms with Gasteiger partial charge in [-0.2, -0.15) is 5.10 Å². The van der Waals surface area contributed by atoms with Crippen molar-refractivity contribution in [2.75, 3.05) is 11.9 Å². The number of nitrogens with one attached hydrogen (secondary N) is 2. The van der Waals surface area contributed by atoms with Crippen LogP contribution >= 0.6 is 0 Å². The van der Waals surface area contributed by atoms with Crippen molar-refractivity contribution in [3.8, 4) is 0 Å². The van der Waals surface area contributed by atoms with E-state index in [9.17, 15) is 4.79 Å². The number of carboxylic acid groups (broad SMARTS) is 2. The molecule has 1 spiro atoms. The van der Waals surface area contributed by atoms with Crippen molar-refractivity contribution in [1.29, 1.82) is 0 Å². The third kappa shape index (κ3) is 6.02. The first-order valence-corrected chi connectivity index (χ1v) is 13.8. The normalized spacial score (nSPS) is 23.3. The van der Waals surface area contributed by atoms with Gasteiger partial charge >= 0.3 is 6.16 Å². The fraction of sp³-hybridized carbons (Fsp3) is 0.667. The van der Waals surface area contributed by atoms with Gasteiger partial charge in [0.1, 0.15) is 5.60 Å². The molecule has 0 unspecified atom stereocenters. The summed E-state index contributed by atoms with van der Waals surface area (Å²) >= 11 is 0. The van der Waals surface area contributed by atoms with Crippen molar-refractivity contribution >= 4 is 34.5 Å². The predicted molar refractivity (Wildman–Crippen MR) is 145 cm³/mol. The third-order valence-electron chi connectivity index (χ3n) is 7.96. The van der Waals surface area contributed by atoms with E-state index in [2.05, 4.69) is 29.6 Å². The van der Waals surface area contributed by atoms with Crippen LogP contribution in [0.5, 0.6) is 0 Å². The van der Waals surface area contributed by atoms with Crippen LogP contribution in [-0.2, 0) is 16.2 Å². The number of pyridine rings is 1. The van der Waals surface area contributed by atoms with Crippen LogP contribution in [0.25, 0.3) is 11.0 Å². The Morgan fingerprint density at radius 3 is 2.45 bits per heavy atom. The minimum Gasteiger partial charge on any atom is -0.450 e. The molecule has 2 aliphatic carbocycles. The molecular formula is C27H40N6O5. The number of hydrogen-bond donors (Lipinski definition) is 4. The number of carbonyl (C=O) groups excluding carboxylic acids is 1. The molecule has 0 saturated heterocycles. The lowest BCUT2D eigenvalue weighted by molar-refractivity contribution is -0.128. The van der Waals surface area contributed by atoms with Crippen molar-refractivity contribution < 1.29 is 24.6 Å². The van der Waals surface area contributed by atoms with E-state index in [1.54, 1.807) is 0 Å². The van der Waals surface area contributed by atoms with Gasteiger partial charge in [0.2, 0.25) is 5.91 Å². The van der Waals surface area contributed by atoms with Crippen LogP contribution in [-0.4, -0.2) is 60.9 Å². The highest BCUT2D eigenvalue weighted by Gasteiger charge is 2.44. The number of nitrogens with zero attached hydrogens (tertiary/aromatic N) is 4. The lowest BCUT2D eigenvalue weighted by Gasteiger charge is -2.34. The quantitative estimate of drug-likeness (QED) is 0.413. The van der Waals surface area contributed by atoms with Gasteiger partial charge < -0.3 is 25.7 Å². The largest absolute Gasteiger partial charge is 0.503 e. The summed E-state index contributed by atoms with van der Waals surface area (Å²) in [5.74, 6) is 0.260. The number of amides is 1. The summed E-state index contributed by atoms with van der Waals surface area (Å²) in [6.45, 7) is 7.62. The lowest BCUT2D eigenvalue weighted by atomic mass is 9.75. The molecule has 208 valence electrons. The number of fused-ring (bicyclic) bond motifs is 1. The van der Waals surface area contributed by atoms with E-state index in [0.717, 1.165) is 72.3 Å². The fourth-order valence-electron chi connectivity index (χ4n) is 6.02. The van der Waals surface area contributed by atoms with E-state index in [4.69, 9.17) is 29.9 Å². The standard InChI is InChI=1S/C26H38N6O2.CH2O3/c1-4-27-25(33)18-11-13-26(14-12-18)15-21(31-34-26)20-16-28-24-22(17(3)30-32(24)5-2)23(20)29-19-9-7-6-8-10-19;2-1(3)4/h16,18-19H,4-15H2,1-3H3,(H,27,33)(H,28,29);(H2,2,3,4). The number of oxime groups is 1. The second kappa shape index (κ2) is 12.0. The van der Waals surface area contributed by atoms with Crippen molar-refractivity contribution in [1.82, 2.24) is 20.1 Å². The predicted octanol–water partition coefficient (Wildman–Crippen LogP) is 4.92. The molecule has 38 heavy (non-hydrogen) atoms. The molecule has 2 aromatic heterocycles. The van der Waals surface area contributed by atoms with Crippen LogP contribution in [0, 0.1) is 12.8 Å². The Kier molecular flexibility index (Phi) is 8.73. The zero-order valence-corrected chi connectivity index (χ0v) is 22.6. The van der Waals surface area contributed by atoms with Crippen molar-refractivity contribution in [2.45, 2.75) is 103 Å². The van der Waals surface area contributed by atoms with Gasteiger partial charge in [-0.25, -0.2) is 14.5 Å². The first kappa shape index (κ1) is 27.7. The Labute approximate surface area is 223 Å².